The topological polar surface area (TPSA) is 74.8 Å². The molecular formula is C16H18N2O4. The number of carbonyl (C=O) groups excluding carboxylic acids is 4. The van der Waals surface area contributed by atoms with E-state index in [4.69, 9.17) is 0 Å². The Hall–Kier alpha value is -2.50. The van der Waals surface area contributed by atoms with Gasteiger partial charge in [-0.1, -0.05) is 32.0 Å². The van der Waals surface area contributed by atoms with Gasteiger partial charge >= 0.3 is 0 Å². The summed E-state index contributed by atoms with van der Waals surface area (Å²) in [5.74, 6) is -1.85. The summed E-state index contributed by atoms with van der Waals surface area (Å²) in [6.45, 7) is 2.96. The number of carbonyl (C=O) groups is 4. The number of piperazine rings is 1. The lowest BCUT2D eigenvalue weighted by Gasteiger charge is -2.31. The van der Waals surface area contributed by atoms with Crippen LogP contribution >= 0.6 is 0 Å². The van der Waals surface area contributed by atoms with Crippen molar-refractivity contribution in [1.29, 1.82) is 0 Å². The number of imide groups is 2. The summed E-state index contributed by atoms with van der Waals surface area (Å²) in [6, 6.07) is 8.28. The van der Waals surface area contributed by atoms with Gasteiger partial charge in [-0.15, -0.1) is 0 Å². The van der Waals surface area contributed by atoms with Gasteiger partial charge < -0.3 is 0 Å². The van der Waals surface area contributed by atoms with Crippen LogP contribution in [0.5, 0.6) is 0 Å². The number of benzene rings is 1. The third kappa shape index (κ3) is 3.39. The van der Waals surface area contributed by atoms with E-state index >= 15 is 0 Å². The number of hydrogen-bond donors (Lipinski definition) is 0. The van der Waals surface area contributed by atoms with E-state index in [9.17, 15) is 19.2 Å². The highest BCUT2D eigenvalue weighted by atomic mass is 16.2. The van der Waals surface area contributed by atoms with Crippen molar-refractivity contribution in [2.24, 2.45) is 5.92 Å². The second-order valence-corrected chi connectivity index (χ2v) is 5.62. The monoisotopic (exact) mass is 302 g/mol. The predicted octanol–water partition coefficient (Wildman–Crippen LogP) is 1.07. The minimum absolute atomic E-state index is 0.0967. The van der Waals surface area contributed by atoms with Crippen LogP contribution in [0.3, 0.4) is 0 Å². The first-order valence-electron chi connectivity index (χ1n) is 7.13. The highest BCUT2D eigenvalue weighted by molar-refractivity contribution is 6.12. The molecule has 0 saturated carbocycles. The largest absolute Gasteiger partial charge is 0.274 e. The molecule has 6 nitrogen and oxygen atoms in total. The van der Waals surface area contributed by atoms with E-state index in [1.165, 1.54) is 0 Å². The van der Waals surface area contributed by atoms with Crippen molar-refractivity contribution in [1.82, 2.24) is 9.80 Å². The van der Waals surface area contributed by atoms with Crippen molar-refractivity contribution in [3.05, 3.63) is 35.9 Å². The Labute approximate surface area is 128 Å². The lowest BCUT2D eigenvalue weighted by molar-refractivity contribution is -0.156. The average molecular weight is 302 g/mol. The minimum Gasteiger partial charge on any atom is -0.274 e. The fourth-order valence-corrected chi connectivity index (χ4v) is 2.23. The summed E-state index contributed by atoms with van der Waals surface area (Å²) in [6.07, 6.45) is 0.200. The highest BCUT2D eigenvalue weighted by Gasteiger charge is 2.36. The molecule has 0 aliphatic carbocycles. The van der Waals surface area contributed by atoms with E-state index in [2.05, 4.69) is 0 Å². The van der Waals surface area contributed by atoms with Crippen LogP contribution in [0.4, 0.5) is 0 Å². The van der Waals surface area contributed by atoms with Crippen LogP contribution in [0.15, 0.2) is 30.3 Å². The highest BCUT2D eigenvalue weighted by Crippen LogP contribution is 2.13. The standard InChI is InChI=1S/C16H18N2O4/c1-11(2)8-13(19)17-9-15(21)18(10-14(17)20)16(22)12-6-4-3-5-7-12/h3-7,11H,8-10H2,1-2H3. The van der Waals surface area contributed by atoms with Crippen LogP contribution in [0.1, 0.15) is 30.6 Å². The van der Waals surface area contributed by atoms with E-state index in [-0.39, 0.29) is 24.8 Å². The third-order valence-electron chi connectivity index (χ3n) is 3.34. The SMILES string of the molecule is CC(C)CC(=O)N1CC(=O)N(C(=O)c2ccccc2)CC1=O. The fourth-order valence-electron chi connectivity index (χ4n) is 2.23. The van der Waals surface area contributed by atoms with E-state index in [0.29, 0.717) is 5.56 Å². The molecule has 4 amide bonds. The molecule has 1 fully saturated rings. The van der Waals surface area contributed by atoms with Crippen LogP contribution < -0.4 is 0 Å². The summed E-state index contributed by atoms with van der Waals surface area (Å²) < 4.78 is 0. The molecule has 0 aromatic heterocycles. The molecule has 1 saturated heterocycles. The Bertz CT molecular complexity index is 610. The summed E-state index contributed by atoms with van der Waals surface area (Å²) in [7, 11) is 0. The molecule has 116 valence electrons. The minimum atomic E-state index is -0.537. The third-order valence-corrected chi connectivity index (χ3v) is 3.34. The maximum atomic E-state index is 12.3. The number of amides is 4. The maximum absolute atomic E-state index is 12.3. The molecule has 1 aliphatic rings. The summed E-state index contributed by atoms with van der Waals surface area (Å²) in [5, 5.41) is 0. The van der Waals surface area contributed by atoms with Crippen molar-refractivity contribution < 1.29 is 19.2 Å². The van der Waals surface area contributed by atoms with E-state index < -0.39 is 24.3 Å². The molecule has 0 N–H and O–H groups in total. The zero-order valence-corrected chi connectivity index (χ0v) is 12.6. The van der Waals surface area contributed by atoms with Gasteiger partial charge in [0.25, 0.3) is 5.91 Å². The number of nitrogens with zero attached hydrogens (tertiary/aromatic N) is 2. The van der Waals surface area contributed by atoms with Gasteiger partial charge in [-0.3, -0.25) is 29.0 Å². The van der Waals surface area contributed by atoms with Crippen LogP contribution in [-0.4, -0.2) is 46.5 Å². The smallest absolute Gasteiger partial charge is 0.260 e. The Morgan fingerprint density at radius 1 is 1.00 bits per heavy atom. The first kappa shape index (κ1) is 15.9. The molecule has 1 aromatic rings. The second-order valence-electron chi connectivity index (χ2n) is 5.62. The van der Waals surface area contributed by atoms with Crippen LogP contribution in [-0.2, 0) is 14.4 Å². The molecule has 0 atom stereocenters. The van der Waals surface area contributed by atoms with Gasteiger partial charge in [0.1, 0.15) is 13.1 Å². The molecule has 0 unspecified atom stereocenters. The number of rotatable bonds is 3. The molecule has 0 radical (unpaired) electrons. The van der Waals surface area contributed by atoms with Gasteiger partial charge in [0, 0.05) is 12.0 Å². The van der Waals surface area contributed by atoms with E-state index in [1.807, 2.05) is 13.8 Å². The van der Waals surface area contributed by atoms with Crippen molar-refractivity contribution in [3.8, 4) is 0 Å². The van der Waals surface area contributed by atoms with E-state index in [1.54, 1.807) is 30.3 Å². The lowest BCUT2D eigenvalue weighted by Crippen LogP contribution is -2.57. The van der Waals surface area contributed by atoms with E-state index in [0.717, 1.165) is 9.80 Å². The lowest BCUT2D eigenvalue weighted by atomic mass is 10.1. The van der Waals surface area contributed by atoms with Crippen molar-refractivity contribution in [3.63, 3.8) is 0 Å². The van der Waals surface area contributed by atoms with Crippen molar-refractivity contribution in [2.45, 2.75) is 20.3 Å². The van der Waals surface area contributed by atoms with Crippen molar-refractivity contribution >= 4 is 23.6 Å². The molecule has 2 rings (SSSR count). The van der Waals surface area contributed by atoms with Crippen LogP contribution in [0.2, 0.25) is 0 Å². The molecule has 1 heterocycles. The van der Waals surface area contributed by atoms with Gasteiger partial charge in [-0.25, -0.2) is 0 Å². The maximum Gasteiger partial charge on any atom is 0.260 e. The molecule has 22 heavy (non-hydrogen) atoms. The van der Waals surface area contributed by atoms with Crippen molar-refractivity contribution in [2.75, 3.05) is 13.1 Å². The van der Waals surface area contributed by atoms with Gasteiger partial charge in [-0.2, -0.15) is 0 Å². The second kappa shape index (κ2) is 6.51. The van der Waals surface area contributed by atoms with Gasteiger partial charge in [-0.05, 0) is 18.1 Å². The molecule has 1 aromatic carbocycles. The first-order chi connectivity index (χ1) is 10.4. The summed E-state index contributed by atoms with van der Waals surface area (Å²) in [5.41, 5.74) is 0.339. The van der Waals surface area contributed by atoms with Gasteiger partial charge in [0.05, 0.1) is 0 Å². The Kier molecular flexibility index (Phi) is 4.70. The molecule has 0 bridgehead atoms. The normalized spacial score (nSPS) is 15.4. The molecular weight excluding hydrogens is 284 g/mol. The van der Waals surface area contributed by atoms with Crippen LogP contribution in [0, 0.1) is 5.92 Å². The van der Waals surface area contributed by atoms with Crippen LogP contribution in [0.25, 0.3) is 0 Å². The quantitative estimate of drug-likeness (QED) is 0.783. The Morgan fingerprint density at radius 2 is 1.55 bits per heavy atom. The van der Waals surface area contributed by atoms with Gasteiger partial charge in [0.2, 0.25) is 17.7 Å². The predicted molar refractivity (Wildman–Crippen MR) is 78.7 cm³/mol. The molecule has 0 spiro atoms. The molecule has 6 heteroatoms. The summed E-state index contributed by atoms with van der Waals surface area (Å²) in [4.78, 5) is 50.2. The fraction of sp³-hybridized carbons (Fsp3) is 0.375. The molecule has 1 aliphatic heterocycles. The Morgan fingerprint density at radius 3 is 2.14 bits per heavy atom. The zero-order chi connectivity index (χ0) is 16.3. The first-order valence-corrected chi connectivity index (χ1v) is 7.13. The zero-order valence-electron chi connectivity index (χ0n) is 12.6. The Balaban J connectivity index is 2.11. The average Bonchev–Trinajstić information content (AvgIpc) is 2.48. The number of hydrogen-bond acceptors (Lipinski definition) is 4. The summed E-state index contributed by atoms with van der Waals surface area (Å²) >= 11 is 0. The van der Waals surface area contributed by atoms with Gasteiger partial charge in [0.15, 0.2) is 0 Å².